The van der Waals surface area contributed by atoms with Gasteiger partial charge in [0.15, 0.2) is 4.90 Å². The van der Waals surface area contributed by atoms with E-state index in [4.69, 9.17) is 5.14 Å². The number of primary sulfonamides is 1. The number of pyridine rings is 1. The first-order valence-corrected chi connectivity index (χ1v) is 9.88. The van der Waals surface area contributed by atoms with Crippen LogP contribution in [-0.2, 0) is 16.6 Å². The normalized spacial score (nSPS) is 14.4. The summed E-state index contributed by atoms with van der Waals surface area (Å²) in [6.07, 6.45) is 6.43. The van der Waals surface area contributed by atoms with E-state index >= 15 is 0 Å². The third kappa shape index (κ3) is 3.62. The highest BCUT2D eigenvalue weighted by Gasteiger charge is 2.24. The van der Waals surface area contributed by atoms with Crippen LogP contribution >= 0.6 is 0 Å². The van der Waals surface area contributed by atoms with Crippen LogP contribution in [0.2, 0.25) is 0 Å². The zero-order valence-corrected chi connectivity index (χ0v) is 15.0. The summed E-state index contributed by atoms with van der Waals surface area (Å²) in [5.41, 5.74) is 2.73. The summed E-state index contributed by atoms with van der Waals surface area (Å²) in [6.45, 7) is 0.340. The summed E-state index contributed by atoms with van der Waals surface area (Å²) in [5.74, 6) is 0.649. The first-order valence-electron chi connectivity index (χ1n) is 8.34. The average Bonchev–Trinajstić information content (AvgIpc) is 3.38. The molecule has 1 aromatic carbocycles. The molecule has 0 radical (unpaired) electrons. The fourth-order valence-corrected chi connectivity index (χ4v) is 3.69. The minimum absolute atomic E-state index is 0.340. The van der Waals surface area contributed by atoms with Crippen LogP contribution in [0.5, 0.6) is 0 Å². The van der Waals surface area contributed by atoms with Crippen molar-refractivity contribution < 1.29 is 13.3 Å². The van der Waals surface area contributed by atoms with Gasteiger partial charge < -0.3 is 9.72 Å². The molecule has 2 heterocycles. The molecule has 4 rings (SSSR count). The van der Waals surface area contributed by atoms with Crippen LogP contribution in [0.4, 0.5) is 11.4 Å². The van der Waals surface area contributed by atoms with E-state index in [1.807, 2.05) is 16.7 Å². The first kappa shape index (κ1) is 17.4. The van der Waals surface area contributed by atoms with Crippen LogP contribution in [-0.4, -0.2) is 22.7 Å². The van der Waals surface area contributed by atoms with Gasteiger partial charge in [0.1, 0.15) is 5.65 Å². The molecule has 3 N–H and O–H groups in total. The summed E-state index contributed by atoms with van der Waals surface area (Å²) < 4.78 is 24.9. The lowest BCUT2D eigenvalue weighted by Crippen LogP contribution is -2.14. The molecule has 3 aromatic rings. The lowest BCUT2D eigenvalue weighted by Gasteiger charge is -2.06. The molecule has 1 aliphatic rings. The van der Waals surface area contributed by atoms with Gasteiger partial charge in [0.05, 0.1) is 17.2 Å². The quantitative estimate of drug-likeness (QED) is 0.493. The smallest absolute Gasteiger partial charge is 0.291 e. The third-order valence-electron chi connectivity index (χ3n) is 4.51. The highest BCUT2D eigenvalue weighted by Crippen LogP contribution is 2.39. The van der Waals surface area contributed by atoms with Crippen molar-refractivity contribution in [1.29, 1.82) is 0 Å². The van der Waals surface area contributed by atoms with Gasteiger partial charge in [0.2, 0.25) is 10.0 Å². The van der Waals surface area contributed by atoms with Crippen LogP contribution in [0.15, 0.2) is 47.6 Å². The highest BCUT2D eigenvalue weighted by molar-refractivity contribution is 7.89. The van der Waals surface area contributed by atoms with E-state index in [1.165, 1.54) is 24.5 Å². The number of benzene rings is 1. The summed E-state index contributed by atoms with van der Waals surface area (Å²) in [7, 11) is -4.17. The van der Waals surface area contributed by atoms with Gasteiger partial charge in [0, 0.05) is 24.1 Å². The number of sulfonamides is 1. The molecule has 2 aromatic heterocycles. The predicted octanol–water partition coefficient (Wildman–Crippen LogP) is 2.38. The first-order chi connectivity index (χ1) is 12.8. The van der Waals surface area contributed by atoms with Crippen LogP contribution in [0.1, 0.15) is 30.0 Å². The number of nitro benzene ring substituents is 1. The molecular weight excluding hydrogens is 370 g/mol. The van der Waals surface area contributed by atoms with E-state index in [0.29, 0.717) is 18.2 Å². The molecule has 0 amide bonds. The Hall–Kier alpha value is -2.98. The number of aromatic nitrogens is 2. The number of hydrogen-bond acceptors (Lipinski definition) is 6. The molecule has 0 saturated heterocycles. The summed E-state index contributed by atoms with van der Waals surface area (Å²) in [4.78, 5) is 14.4. The molecule has 0 atom stereocenters. The highest BCUT2D eigenvalue weighted by atomic mass is 32.2. The van der Waals surface area contributed by atoms with Crippen molar-refractivity contribution in [2.24, 2.45) is 5.14 Å². The van der Waals surface area contributed by atoms with E-state index < -0.39 is 25.5 Å². The van der Waals surface area contributed by atoms with Gasteiger partial charge in [-0.05, 0) is 42.5 Å². The van der Waals surface area contributed by atoms with Crippen LogP contribution in [0.3, 0.4) is 0 Å². The summed E-state index contributed by atoms with van der Waals surface area (Å²) >= 11 is 0. The van der Waals surface area contributed by atoms with Crippen molar-refractivity contribution in [3.05, 3.63) is 64.1 Å². The number of anilines is 1. The van der Waals surface area contributed by atoms with Crippen molar-refractivity contribution in [3.63, 3.8) is 0 Å². The van der Waals surface area contributed by atoms with E-state index in [0.717, 1.165) is 23.5 Å². The molecule has 9 nitrogen and oxygen atoms in total. The summed E-state index contributed by atoms with van der Waals surface area (Å²) in [5, 5.41) is 19.2. The molecule has 140 valence electrons. The number of nitro groups is 1. The second kappa shape index (κ2) is 6.32. The van der Waals surface area contributed by atoms with Crippen molar-refractivity contribution in [3.8, 4) is 0 Å². The molecule has 0 bridgehead atoms. The zero-order chi connectivity index (χ0) is 19.2. The Kier molecular flexibility index (Phi) is 4.08. The number of rotatable bonds is 6. The van der Waals surface area contributed by atoms with Crippen molar-refractivity contribution in [2.75, 3.05) is 5.32 Å². The lowest BCUT2D eigenvalue weighted by molar-refractivity contribution is -0.387. The maximum atomic E-state index is 11.5. The van der Waals surface area contributed by atoms with Crippen molar-refractivity contribution in [2.45, 2.75) is 30.2 Å². The van der Waals surface area contributed by atoms with E-state index in [9.17, 15) is 18.5 Å². The van der Waals surface area contributed by atoms with Gasteiger partial charge in [-0.3, -0.25) is 10.1 Å². The molecule has 1 fully saturated rings. The molecular formula is C17H17N5O4S. The van der Waals surface area contributed by atoms with Gasteiger partial charge in [-0.15, -0.1) is 0 Å². The Labute approximate surface area is 155 Å². The Morgan fingerprint density at radius 3 is 2.70 bits per heavy atom. The van der Waals surface area contributed by atoms with E-state index in [2.05, 4.69) is 22.6 Å². The Morgan fingerprint density at radius 1 is 1.26 bits per heavy atom. The maximum Gasteiger partial charge on any atom is 0.291 e. The third-order valence-corrected chi connectivity index (χ3v) is 5.47. The van der Waals surface area contributed by atoms with Gasteiger partial charge in [0.25, 0.3) is 5.69 Å². The number of nitrogens with two attached hydrogens (primary N) is 1. The minimum Gasteiger partial charge on any atom is -0.379 e. The van der Waals surface area contributed by atoms with Gasteiger partial charge in [-0.2, -0.15) is 0 Å². The topological polar surface area (TPSA) is 133 Å². The molecule has 0 spiro atoms. The Morgan fingerprint density at radius 2 is 2.04 bits per heavy atom. The number of fused-ring (bicyclic) bond motifs is 1. The molecule has 10 heteroatoms. The fourth-order valence-electron chi connectivity index (χ4n) is 3.01. The maximum absolute atomic E-state index is 11.5. The van der Waals surface area contributed by atoms with E-state index in [-0.39, 0.29) is 0 Å². The number of hydrogen-bond donors (Lipinski definition) is 2. The molecule has 27 heavy (non-hydrogen) atoms. The predicted molar refractivity (Wildman–Crippen MR) is 99.0 cm³/mol. The lowest BCUT2D eigenvalue weighted by atomic mass is 10.2. The fraction of sp³-hybridized carbons (Fsp3) is 0.235. The second-order valence-electron chi connectivity index (χ2n) is 6.57. The molecule has 1 saturated carbocycles. The average molecular weight is 387 g/mol. The van der Waals surface area contributed by atoms with Gasteiger partial charge in [-0.25, -0.2) is 18.5 Å². The van der Waals surface area contributed by atoms with Crippen LogP contribution in [0, 0.1) is 10.1 Å². The molecule has 0 aliphatic heterocycles. The minimum atomic E-state index is -4.17. The molecule has 1 aliphatic carbocycles. The van der Waals surface area contributed by atoms with E-state index in [1.54, 1.807) is 0 Å². The number of imidazole rings is 1. The number of nitrogens with one attached hydrogen (secondary N) is 1. The Bertz CT molecular complexity index is 1150. The van der Waals surface area contributed by atoms with Gasteiger partial charge >= 0.3 is 0 Å². The zero-order valence-electron chi connectivity index (χ0n) is 14.2. The molecule has 0 unspecified atom stereocenters. The standard InChI is InChI=1S/C17H17N5O4S/c18-27(25,26)16-5-4-13(7-15(16)22(23)24)19-8-14-10-21-9-12(11-1-2-11)3-6-17(21)20-14/h3-7,9-11,19H,1-2,8H2,(H2,18,25,26). The van der Waals surface area contributed by atoms with Crippen molar-refractivity contribution in [1.82, 2.24) is 9.38 Å². The van der Waals surface area contributed by atoms with Crippen LogP contribution in [0.25, 0.3) is 5.65 Å². The Balaban J connectivity index is 1.55. The van der Waals surface area contributed by atoms with Crippen molar-refractivity contribution >= 4 is 27.0 Å². The second-order valence-corrected chi connectivity index (χ2v) is 8.10. The monoisotopic (exact) mass is 387 g/mol. The van der Waals surface area contributed by atoms with Gasteiger partial charge in [-0.1, -0.05) is 6.07 Å². The largest absolute Gasteiger partial charge is 0.379 e. The summed E-state index contributed by atoms with van der Waals surface area (Å²) in [6, 6.07) is 7.78. The SMILES string of the molecule is NS(=O)(=O)c1ccc(NCc2cn3cc(C4CC4)ccc3n2)cc1[N+](=O)[O-]. The van der Waals surface area contributed by atoms with Crippen LogP contribution < -0.4 is 10.5 Å². The number of nitrogens with zero attached hydrogens (tertiary/aromatic N) is 3.